The third kappa shape index (κ3) is 2.60. The number of benzene rings is 2. The molecule has 98 valence electrons. The van der Waals surface area contributed by atoms with Gasteiger partial charge in [0, 0.05) is 12.1 Å². The SMILES string of the molecule is O=C(c1c(F)cc(F)cc1F)c1c(Cl)cccc1Cl. The molecule has 0 aliphatic carbocycles. The minimum Gasteiger partial charge on any atom is -0.288 e. The normalized spacial score (nSPS) is 10.6. The molecule has 0 unspecified atom stereocenters. The first-order chi connectivity index (χ1) is 8.91. The molecule has 2 rings (SSSR count). The highest BCUT2D eigenvalue weighted by atomic mass is 35.5. The van der Waals surface area contributed by atoms with Crippen LogP contribution < -0.4 is 0 Å². The van der Waals surface area contributed by atoms with Crippen molar-refractivity contribution in [2.75, 3.05) is 0 Å². The molecule has 0 atom stereocenters. The maximum Gasteiger partial charge on any atom is 0.201 e. The van der Waals surface area contributed by atoms with Gasteiger partial charge in [-0.05, 0) is 12.1 Å². The predicted molar refractivity (Wildman–Crippen MR) is 66.2 cm³/mol. The number of carbonyl (C=O) groups is 1. The molecule has 0 aromatic heterocycles. The fraction of sp³-hybridized carbons (Fsp3) is 0. The number of hydrogen-bond acceptors (Lipinski definition) is 1. The summed E-state index contributed by atoms with van der Waals surface area (Å²) in [7, 11) is 0. The van der Waals surface area contributed by atoms with Gasteiger partial charge in [-0.15, -0.1) is 0 Å². The fourth-order valence-electron chi connectivity index (χ4n) is 1.60. The Morgan fingerprint density at radius 2 is 1.37 bits per heavy atom. The molecule has 0 aliphatic heterocycles. The van der Waals surface area contributed by atoms with Gasteiger partial charge in [0.2, 0.25) is 5.78 Å². The lowest BCUT2D eigenvalue weighted by molar-refractivity contribution is 0.103. The van der Waals surface area contributed by atoms with Crippen molar-refractivity contribution in [2.24, 2.45) is 0 Å². The highest BCUT2D eigenvalue weighted by Gasteiger charge is 2.24. The second kappa shape index (κ2) is 5.23. The van der Waals surface area contributed by atoms with Crippen molar-refractivity contribution in [1.82, 2.24) is 0 Å². The van der Waals surface area contributed by atoms with E-state index in [1.165, 1.54) is 18.2 Å². The molecule has 0 saturated carbocycles. The Bertz CT molecular complexity index is 628. The number of carbonyl (C=O) groups excluding carboxylic acids is 1. The molecular weight excluding hydrogens is 300 g/mol. The number of hydrogen-bond donors (Lipinski definition) is 0. The van der Waals surface area contributed by atoms with Gasteiger partial charge in [0.1, 0.15) is 17.5 Å². The van der Waals surface area contributed by atoms with E-state index in [1.54, 1.807) is 0 Å². The number of halogens is 5. The van der Waals surface area contributed by atoms with Crippen LogP contribution in [-0.2, 0) is 0 Å². The molecule has 6 heteroatoms. The average Bonchev–Trinajstić information content (AvgIpc) is 2.26. The van der Waals surface area contributed by atoms with Gasteiger partial charge >= 0.3 is 0 Å². The van der Waals surface area contributed by atoms with E-state index in [4.69, 9.17) is 23.2 Å². The molecular formula is C13H5Cl2F3O. The van der Waals surface area contributed by atoms with Gasteiger partial charge < -0.3 is 0 Å². The lowest BCUT2D eigenvalue weighted by Crippen LogP contribution is -2.09. The molecule has 0 aliphatic rings. The van der Waals surface area contributed by atoms with E-state index in [9.17, 15) is 18.0 Å². The Balaban J connectivity index is 2.64. The molecule has 1 nitrogen and oxygen atoms in total. The molecule has 2 aromatic rings. The third-order valence-electron chi connectivity index (χ3n) is 2.42. The largest absolute Gasteiger partial charge is 0.288 e. The maximum absolute atomic E-state index is 13.5. The Kier molecular flexibility index (Phi) is 3.83. The van der Waals surface area contributed by atoms with Gasteiger partial charge in [-0.2, -0.15) is 0 Å². The summed E-state index contributed by atoms with van der Waals surface area (Å²) in [5.74, 6) is -4.76. The van der Waals surface area contributed by atoms with Crippen LogP contribution in [0, 0.1) is 17.5 Å². The van der Waals surface area contributed by atoms with Crippen molar-refractivity contribution >= 4 is 29.0 Å². The number of ketones is 1. The monoisotopic (exact) mass is 304 g/mol. The molecule has 0 fully saturated rings. The molecule has 0 amide bonds. The average molecular weight is 305 g/mol. The Morgan fingerprint density at radius 3 is 1.84 bits per heavy atom. The lowest BCUT2D eigenvalue weighted by Gasteiger charge is -2.08. The third-order valence-corrected chi connectivity index (χ3v) is 3.05. The van der Waals surface area contributed by atoms with Crippen molar-refractivity contribution < 1.29 is 18.0 Å². The summed E-state index contributed by atoms with van der Waals surface area (Å²) in [6.07, 6.45) is 0. The predicted octanol–water partition coefficient (Wildman–Crippen LogP) is 4.64. The van der Waals surface area contributed by atoms with Crippen LogP contribution in [0.4, 0.5) is 13.2 Å². The summed E-state index contributed by atoms with van der Waals surface area (Å²) in [5.41, 5.74) is -1.12. The van der Waals surface area contributed by atoms with E-state index >= 15 is 0 Å². The molecule has 2 aromatic carbocycles. The molecule has 0 saturated heterocycles. The lowest BCUT2D eigenvalue weighted by atomic mass is 10.0. The van der Waals surface area contributed by atoms with Gasteiger partial charge in [0.15, 0.2) is 0 Å². The summed E-state index contributed by atoms with van der Waals surface area (Å²) in [4.78, 5) is 12.1. The van der Waals surface area contributed by atoms with Crippen molar-refractivity contribution in [2.45, 2.75) is 0 Å². The minimum atomic E-state index is -1.31. The highest BCUT2D eigenvalue weighted by Crippen LogP contribution is 2.28. The van der Waals surface area contributed by atoms with Crippen LogP contribution in [0.25, 0.3) is 0 Å². The summed E-state index contributed by atoms with van der Waals surface area (Å²) >= 11 is 11.6. The van der Waals surface area contributed by atoms with Crippen LogP contribution in [0.2, 0.25) is 10.0 Å². The van der Waals surface area contributed by atoms with Gasteiger partial charge in [0.25, 0.3) is 0 Å². The molecule has 0 radical (unpaired) electrons. The minimum absolute atomic E-state index is 0.0411. The molecule has 0 N–H and O–H groups in total. The van der Waals surface area contributed by atoms with Crippen LogP contribution in [0.5, 0.6) is 0 Å². The second-order valence-corrected chi connectivity index (χ2v) is 4.48. The summed E-state index contributed by atoms with van der Waals surface area (Å²) in [6, 6.07) is 5.04. The van der Waals surface area contributed by atoms with E-state index < -0.39 is 28.8 Å². The summed E-state index contributed by atoms with van der Waals surface area (Å²) in [6.45, 7) is 0. The first-order valence-corrected chi connectivity index (χ1v) is 5.80. The summed E-state index contributed by atoms with van der Waals surface area (Å²) < 4.78 is 39.8. The standard InChI is InChI=1S/C13H5Cl2F3O/c14-7-2-1-3-8(15)11(7)13(19)12-9(17)4-6(16)5-10(12)18/h1-5H. The van der Waals surface area contributed by atoms with Gasteiger partial charge in [-0.25, -0.2) is 13.2 Å². The van der Waals surface area contributed by atoms with Crippen LogP contribution in [0.3, 0.4) is 0 Å². The molecule has 0 heterocycles. The first-order valence-electron chi connectivity index (χ1n) is 5.05. The molecule has 19 heavy (non-hydrogen) atoms. The maximum atomic E-state index is 13.5. The van der Waals surface area contributed by atoms with E-state index in [1.807, 2.05) is 0 Å². The van der Waals surface area contributed by atoms with Crippen molar-refractivity contribution in [3.63, 3.8) is 0 Å². The van der Waals surface area contributed by atoms with Crippen LogP contribution in [0.1, 0.15) is 15.9 Å². The smallest absolute Gasteiger partial charge is 0.201 e. The first kappa shape index (κ1) is 13.9. The van der Waals surface area contributed by atoms with Crippen molar-refractivity contribution in [3.8, 4) is 0 Å². The van der Waals surface area contributed by atoms with Gasteiger partial charge in [0.05, 0.1) is 21.2 Å². The van der Waals surface area contributed by atoms with Crippen molar-refractivity contribution in [1.29, 1.82) is 0 Å². The van der Waals surface area contributed by atoms with E-state index in [2.05, 4.69) is 0 Å². The Hall–Kier alpha value is -1.52. The van der Waals surface area contributed by atoms with E-state index in [0.29, 0.717) is 12.1 Å². The zero-order valence-electron chi connectivity index (χ0n) is 9.18. The summed E-state index contributed by atoms with van der Waals surface area (Å²) in [5, 5.41) is -0.0822. The van der Waals surface area contributed by atoms with E-state index in [0.717, 1.165) is 0 Å². The van der Waals surface area contributed by atoms with E-state index in [-0.39, 0.29) is 15.6 Å². The highest BCUT2D eigenvalue weighted by molar-refractivity contribution is 6.41. The van der Waals surface area contributed by atoms with Crippen LogP contribution >= 0.6 is 23.2 Å². The topological polar surface area (TPSA) is 17.1 Å². The zero-order chi connectivity index (χ0) is 14.2. The Labute approximate surface area is 116 Å². The van der Waals surface area contributed by atoms with Crippen LogP contribution in [0.15, 0.2) is 30.3 Å². The molecule has 0 spiro atoms. The van der Waals surface area contributed by atoms with Crippen LogP contribution in [-0.4, -0.2) is 5.78 Å². The number of rotatable bonds is 2. The quantitative estimate of drug-likeness (QED) is 0.739. The fourth-order valence-corrected chi connectivity index (χ4v) is 2.17. The molecule has 0 bridgehead atoms. The second-order valence-electron chi connectivity index (χ2n) is 3.67. The van der Waals surface area contributed by atoms with Gasteiger partial charge in [-0.3, -0.25) is 4.79 Å². The zero-order valence-corrected chi connectivity index (χ0v) is 10.7. The van der Waals surface area contributed by atoms with Gasteiger partial charge in [-0.1, -0.05) is 29.3 Å². The Morgan fingerprint density at radius 1 is 0.895 bits per heavy atom. The van der Waals surface area contributed by atoms with Crippen molar-refractivity contribution in [3.05, 3.63) is 69.0 Å².